The Morgan fingerprint density at radius 1 is 1.11 bits per heavy atom. The summed E-state index contributed by atoms with van der Waals surface area (Å²) in [7, 11) is -1.14. The molecular weight excluding hydrogens is 367 g/mol. The molecule has 6 nitrogen and oxygen atoms in total. The zero-order chi connectivity index (χ0) is 19.4. The van der Waals surface area contributed by atoms with Crippen molar-refractivity contribution >= 4 is 21.4 Å². The summed E-state index contributed by atoms with van der Waals surface area (Å²) in [5.74, 6) is 1.30. The first kappa shape index (κ1) is 18.8. The Kier molecular flexibility index (Phi) is 5.36. The summed E-state index contributed by atoms with van der Waals surface area (Å²) in [5.41, 5.74) is 2.31. The minimum atomic E-state index is -2.64. The van der Waals surface area contributed by atoms with Gasteiger partial charge in [0.15, 0.2) is 0 Å². The second-order valence-electron chi connectivity index (χ2n) is 6.10. The van der Waals surface area contributed by atoms with E-state index in [9.17, 15) is 8.60 Å². The smallest absolute Gasteiger partial charge is 0.132 e. The van der Waals surface area contributed by atoms with Crippen LogP contribution in [0.3, 0.4) is 0 Å². The van der Waals surface area contributed by atoms with Crippen LogP contribution in [-0.2, 0) is 15.5 Å². The van der Waals surface area contributed by atoms with Gasteiger partial charge in [0.1, 0.15) is 23.2 Å². The van der Waals surface area contributed by atoms with Crippen molar-refractivity contribution in [3.05, 3.63) is 66.2 Å². The van der Waals surface area contributed by atoms with E-state index in [4.69, 9.17) is 9.52 Å². The van der Waals surface area contributed by atoms with Crippen LogP contribution in [0.15, 0.2) is 54.9 Å². The predicted octanol–water partition coefficient (Wildman–Crippen LogP) is 4.21. The van der Waals surface area contributed by atoms with E-state index in [1.165, 1.54) is 25.5 Å². The maximum atomic E-state index is 13.4. The molecule has 0 amide bonds. The Morgan fingerprint density at radius 2 is 1.81 bits per heavy atom. The van der Waals surface area contributed by atoms with Crippen molar-refractivity contribution in [2.75, 3.05) is 18.7 Å². The van der Waals surface area contributed by atoms with Gasteiger partial charge in [-0.25, -0.2) is 18.6 Å². The number of ether oxygens (including phenoxy) is 1. The van der Waals surface area contributed by atoms with Crippen molar-refractivity contribution in [2.24, 2.45) is 0 Å². The third-order valence-electron chi connectivity index (χ3n) is 3.76. The molecule has 140 valence electrons. The molecule has 3 rings (SSSR count). The average Bonchev–Trinajstić information content (AvgIpc) is 2.60. The maximum absolute atomic E-state index is 13.4. The van der Waals surface area contributed by atoms with Crippen LogP contribution in [0.1, 0.15) is 5.56 Å². The third kappa shape index (κ3) is 5.01. The topological polar surface area (TPSA) is 88.0 Å². The van der Waals surface area contributed by atoms with E-state index in [2.05, 4.69) is 15.3 Å². The first-order chi connectivity index (χ1) is 12.8. The van der Waals surface area contributed by atoms with Gasteiger partial charge in [-0.15, -0.1) is 0 Å². The fraction of sp³-hybridized carbons (Fsp3) is 0.158. The Balaban J connectivity index is 1.88. The molecule has 1 aromatic carbocycles. The average molecular weight is 386 g/mol. The molecule has 0 fully saturated rings. The van der Waals surface area contributed by atoms with Crippen LogP contribution in [0, 0.1) is 10.6 Å². The summed E-state index contributed by atoms with van der Waals surface area (Å²) in [5, 5.41) is 3.10. The van der Waals surface area contributed by atoms with Crippen molar-refractivity contribution in [1.29, 1.82) is 4.78 Å². The molecular formula is C19H19FN4O2S. The van der Waals surface area contributed by atoms with Gasteiger partial charge in [-0.1, -0.05) is 0 Å². The number of halogens is 1. The van der Waals surface area contributed by atoms with Gasteiger partial charge in [0.25, 0.3) is 0 Å². The number of methoxy groups -OCH3 is 1. The molecule has 27 heavy (non-hydrogen) atoms. The third-order valence-corrected chi connectivity index (χ3v) is 4.64. The van der Waals surface area contributed by atoms with E-state index in [1.807, 2.05) is 0 Å². The molecule has 0 bridgehead atoms. The van der Waals surface area contributed by atoms with Gasteiger partial charge in [0, 0.05) is 40.0 Å². The van der Waals surface area contributed by atoms with E-state index >= 15 is 0 Å². The van der Waals surface area contributed by atoms with Crippen LogP contribution in [0.25, 0.3) is 11.1 Å². The molecule has 3 aromatic rings. The first-order valence-corrected chi connectivity index (χ1v) is 10.2. The zero-order valence-corrected chi connectivity index (χ0v) is 15.7. The lowest BCUT2D eigenvalue weighted by Crippen LogP contribution is -2.01. The zero-order valence-electron chi connectivity index (χ0n) is 14.9. The minimum absolute atomic E-state index is 0.157. The Bertz CT molecular complexity index is 1070. The molecule has 0 aliphatic carbocycles. The standard InChI is InChI=1S/C19H19FN4O2S/c1-26-17-11-15(20)3-4-16(17)14-6-8-23-19(10-14)24-18-9-13(5-7-22-18)12-27(2,21)25/h3-11,21H,12H2,1-2H3,(H,22,23,24). The minimum Gasteiger partial charge on any atom is -0.496 e. The van der Waals surface area contributed by atoms with E-state index < -0.39 is 9.73 Å². The van der Waals surface area contributed by atoms with Crippen molar-refractivity contribution in [1.82, 2.24) is 9.97 Å². The Morgan fingerprint density at radius 3 is 2.52 bits per heavy atom. The number of hydrogen-bond acceptors (Lipinski definition) is 6. The fourth-order valence-electron chi connectivity index (χ4n) is 2.65. The highest BCUT2D eigenvalue weighted by Crippen LogP contribution is 2.31. The molecule has 1 atom stereocenters. The van der Waals surface area contributed by atoms with Crippen molar-refractivity contribution in [3.63, 3.8) is 0 Å². The number of rotatable bonds is 6. The van der Waals surface area contributed by atoms with Crippen LogP contribution in [0.5, 0.6) is 5.75 Å². The number of hydrogen-bond donors (Lipinski definition) is 2. The second-order valence-corrected chi connectivity index (χ2v) is 8.40. The normalized spacial score (nSPS) is 13.0. The molecule has 8 heteroatoms. The van der Waals surface area contributed by atoms with Crippen LogP contribution >= 0.6 is 0 Å². The molecule has 2 aromatic heterocycles. The van der Waals surface area contributed by atoms with E-state index in [1.54, 1.807) is 42.7 Å². The van der Waals surface area contributed by atoms with Crippen LogP contribution in [-0.4, -0.2) is 27.5 Å². The van der Waals surface area contributed by atoms with Crippen molar-refractivity contribution in [3.8, 4) is 16.9 Å². The highest BCUT2D eigenvalue weighted by atomic mass is 32.2. The Labute approximate surface area is 157 Å². The molecule has 0 radical (unpaired) electrons. The van der Waals surface area contributed by atoms with Gasteiger partial charge in [0.2, 0.25) is 0 Å². The quantitative estimate of drug-likeness (QED) is 0.662. The summed E-state index contributed by atoms with van der Waals surface area (Å²) in [4.78, 5) is 8.51. The van der Waals surface area contributed by atoms with Gasteiger partial charge in [0.05, 0.1) is 12.9 Å². The van der Waals surface area contributed by atoms with Crippen LogP contribution in [0.2, 0.25) is 0 Å². The predicted molar refractivity (Wildman–Crippen MR) is 104 cm³/mol. The number of pyridine rings is 2. The van der Waals surface area contributed by atoms with Gasteiger partial charge >= 0.3 is 0 Å². The highest BCUT2D eigenvalue weighted by Gasteiger charge is 2.09. The van der Waals surface area contributed by atoms with Crippen molar-refractivity contribution in [2.45, 2.75) is 5.75 Å². The lowest BCUT2D eigenvalue weighted by atomic mass is 10.1. The van der Waals surface area contributed by atoms with Crippen LogP contribution in [0.4, 0.5) is 16.0 Å². The number of anilines is 2. The summed E-state index contributed by atoms with van der Waals surface area (Å²) in [6.07, 6.45) is 4.63. The SMILES string of the molecule is COc1cc(F)ccc1-c1ccnc(Nc2cc(CS(C)(=N)=O)ccn2)c1. The largest absolute Gasteiger partial charge is 0.496 e. The number of nitrogens with one attached hydrogen (secondary N) is 2. The number of nitrogens with zero attached hydrogens (tertiary/aromatic N) is 2. The van der Waals surface area contributed by atoms with Crippen molar-refractivity contribution < 1.29 is 13.3 Å². The first-order valence-electron chi connectivity index (χ1n) is 8.07. The molecule has 2 heterocycles. The van der Waals surface area contributed by atoms with Gasteiger partial charge < -0.3 is 10.1 Å². The van der Waals surface area contributed by atoms with Gasteiger partial charge in [-0.2, -0.15) is 0 Å². The number of aromatic nitrogens is 2. The molecule has 0 spiro atoms. The second kappa shape index (κ2) is 7.71. The monoisotopic (exact) mass is 386 g/mol. The molecule has 0 aliphatic rings. The fourth-order valence-corrected chi connectivity index (χ4v) is 3.47. The summed E-state index contributed by atoms with van der Waals surface area (Å²) in [6, 6.07) is 11.4. The van der Waals surface area contributed by atoms with Gasteiger partial charge in [-0.05, 0) is 47.5 Å². The summed E-state index contributed by atoms with van der Waals surface area (Å²) in [6.45, 7) is 0. The lowest BCUT2D eigenvalue weighted by Gasteiger charge is -2.11. The van der Waals surface area contributed by atoms with Gasteiger partial charge in [-0.3, -0.25) is 4.78 Å². The summed E-state index contributed by atoms with van der Waals surface area (Å²) >= 11 is 0. The molecule has 0 saturated heterocycles. The van der Waals surface area contributed by atoms with E-state index in [0.717, 1.165) is 16.7 Å². The molecule has 0 aliphatic heterocycles. The van der Waals surface area contributed by atoms with E-state index in [-0.39, 0.29) is 11.6 Å². The highest BCUT2D eigenvalue weighted by molar-refractivity contribution is 7.90. The van der Waals surface area contributed by atoms with Crippen LogP contribution < -0.4 is 10.1 Å². The van der Waals surface area contributed by atoms with E-state index in [0.29, 0.717) is 17.4 Å². The maximum Gasteiger partial charge on any atom is 0.132 e. The Hall–Kier alpha value is -3.00. The molecule has 2 N–H and O–H groups in total. The summed E-state index contributed by atoms with van der Waals surface area (Å²) < 4.78 is 37.9. The number of benzene rings is 1. The lowest BCUT2D eigenvalue weighted by molar-refractivity contribution is 0.413. The molecule has 0 saturated carbocycles. The molecule has 1 unspecified atom stereocenters.